The summed E-state index contributed by atoms with van der Waals surface area (Å²) < 4.78 is 6.46. The van der Waals surface area contributed by atoms with Crippen LogP contribution in [0.2, 0.25) is 0 Å². The number of fused-ring (bicyclic) bond motifs is 5. The third-order valence-corrected chi connectivity index (χ3v) is 11.5. The molecule has 0 N–H and O–H groups in total. The molecule has 0 saturated carbocycles. The number of benzene rings is 10. The zero-order chi connectivity index (χ0) is 38.4. The Balaban J connectivity index is 1.07. The van der Waals surface area contributed by atoms with E-state index in [9.17, 15) is 0 Å². The van der Waals surface area contributed by atoms with Crippen LogP contribution in [0, 0.1) is 0 Å². The third kappa shape index (κ3) is 5.82. The van der Waals surface area contributed by atoms with Crippen molar-refractivity contribution in [2.24, 2.45) is 0 Å². The minimum Gasteiger partial charge on any atom is -0.455 e. The van der Waals surface area contributed by atoms with Gasteiger partial charge in [0, 0.05) is 33.3 Å². The van der Waals surface area contributed by atoms with Crippen molar-refractivity contribution in [2.45, 2.75) is 0 Å². The van der Waals surface area contributed by atoms with Crippen LogP contribution in [-0.2, 0) is 0 Å². The van der Waals surface area contributed by atoms with Crippen LogP contribution in [0.4, 0.5) is 17.1 Å². The molecule has 0 amide bonds. The van der Waals surface area contributed by atoms with Crippen molar-refractivity contribution in [3.8, 4) is 44.5 Å². The van der Waals surface area contributed by atoms with Gasteiger partial charge in [-0.05, 0) is 97.4 Å². The lowest BCUT2D eigenvalue weighted by Gasteiger charge is -2.28. The van der Waals surface area contributed by atoms with Crippen LogP contribution in [-0.4, -0.2) is 0 Å². The maximum absolute atomic E-state index is 6.46. The summed E-state index contributed by atoms with van der Waals surface area (Å²) in [6.07, 6.45) is 0. The second kappa shape index (κ2) is 14.1. The Morgan fingerprint density at radius 3 is 1.53 bits per heavy atom. The van der Waals surface area contributed by atoms with Gasteiger partial charge >= 0.3 is 0 Å². The monoisotopic (exact) mass is 739 g/mol. The van der Waals surface area contributed by atoms with Gasteiger partial charge in [0.05, 0.1) is 5.69 Å². The van der Waals surface area contributed by atoms with Gasteiger partial charge in [0.15, 0.2) is 0 Å². The first-order valence-corrected chi connectivity index (χ1v) is 19.8. The average molecular weight is 740 g/mol. The number of anilines is 3. The number of hydrogen-bond donors (Lipinski definition) is 0. The molecule has 0 aliphatic carbocycles. The molecule has 2 nitrogen and oxygen atoms in total. The molecule has 0 bridgehead atoms. The minimum absolute atomic E-state index is 0.903. The van der Waals surface area contributed by atoms with Gasteiger partial charge in [-0.15, -0.1) is 0 Å². The van der Waals surface area contributed by atoms with E-state index < -0.39 is 0 Å². The molecule has 1 heterocycles. The Morgan fingerprint density at radius 2 is 0.793 bits per heavy atom. The van der Waals surface area contributed by atoms with E-state index in [2.05, 4.69) is 217 Å². The summed E-state index contributed by atoms with van der Waals surface area (Å²) in [4.78, 5) is 2.40. The number of rotatable bonds is 7. The zero-order valence-electron chi connectivity index (χ0n) is 31.7. The molecule has 11 aromatic rings. The molecule has 2 heteroatoms. The van der Waals surface area contributed by atoms with Gasteiger partial charge in [0.2, 0.25) is 0 Å². The van der Waals surface area contributed by atoms with Crippen molar-refractivity contribution >= 4 is 60.5 Å². The molecule has 58 heavy (non-hydrogen) atoms. The number of furan rings is 1. The quantitative estimate of drug-likeness (QED) is 0.162. The minimum atomic E-state index is 0.903. The predicted molar refractivity (Wildman–Crippen MR) is 245 cm³/mol. The lowest BCUT2D eigenvalue weighted by atomic mass is 9.94. The molecular weight excluding hydrogens is 703 g/mol. The molecule has 11 rings (SSSR count). The largest absolute Gasteiger partial charge is 0.455 e. The SMILES string of the molecule is c1cc(-c2ccccc2N(c2ccc(-c3cccc4c3oc3ccccc34)cc2)c2cccc(-c3cccc4ccccc34)c2)cc(-c2cccc3ccccc23)c1. The van der Waals surface area contributed by atoms with E-state index in [-0.39, 0.29) is 0 Å². The topological polar surface area (TPSA) is 16.4 Å². The first kappa shape index (κ1) is 33.6. The maximum atomic E-state index is 6.46. The molecule has 0 radical (unpaired) electrons. The van der Waals surface area contributed by atoms with E-state index in [1.54, 1.807) is 0 Å². The van der Waals surface area contributed by atoms with Crippen molar-refractivity contribution in [2.75, 3.05) is 4.90 Å². The maximum Gasteiger partial charge on any atom is 0.143 e. The molecule has 0 saturated heterocycles. The Kier molecular flexibility index (Phi) is 8.19. The fourth-order valence-electron chi connectivity index (χ4n) is 8.73. The zero-order valence-corrected chi connectivity index (χ0v) is 31.7. The summed E-state index contributed by atoms with van der Waals surface area (Å²) in [6, 6.07) is 80.7. The lowest BCUT2D eigenvalue weighted by Crippen LogP contribution is -2.11. The van der Waals surface area contributed by atoms with Gasteiger partial charge in [0.1, 0.15) is 11.2 Å². The van der Waals surface area contributed by atoms with Crippen LogP contribution in [0.3, 0.4) is 0 Å². The van der Waals surface area contributed by atoms with Crippen LogP contribution in [0.15, 0.2) is 229 Å². The Labute approximate surface area is 337 Å². The van der Waals surface area contributed by atoms with E-state index in [1.807, 2.05) is 12.1 Å². The fraction of sp³-hybridized carbons (Fsp3) is 0. The summed E-state index contributed by atoms with van der Waals surface area (Å²) in [5.74, 6) is 0. The first-order valence-electron chi connectivity index (χ1n) is 19.8. The standard InChI is InChI=1S/C56H37NO/c1-3-22-46-38(14-1)16-11-26-48(46)41-18-9-19-42(36-41)50-24-5-7-30-54(50)57(45-21-10-20-43(37-45)49-27-12-17-39-15-2-4-23-47(39)49)44-34-32-40(33-35-44)51-28-13-29-53-52-25-6-8-31-55(52)58-56(51)53/h1-37H. The van der Waals surface area contributed by atoms with Crippen LogP contribution >= 0.6 is 0 Å². The molecule has 0 atom stereocenters. The third-order valence-electron chi connectivity index (χ3n) is 11.5. The van der Waals surface area contributed by atoms with Crippen molar-refractivity contribution < 1.29 is 4.42 Å². The molecule has 0 aliphatic heterocycles. The molecule has 0 fully saturated rings. The predicted octanol–water partition coefficient (Wildman–Crippen LogP) is 16.0. The highest BCUT2D eigenvalue weighted by Crippen LogP contribution is 2.44. The van der Waals surface area contributed by atoms with E-state index >= 15 is 0 Å². The van der Waals surface area contributed by atoms with Crippen molar-refractivity contribution in [1.82, 2.24) is 0 Å². The second-order valence-electron chi connectivity index (χ2n) is 14.9. The highest BCUT2D eigenvalue weighted by molar-refractivity contribution is 6.09. The van der Waals surface area contributed by atoms with Gasteiger partial charge in [-0.1, -0.05) is 182 Å². The first-order chi connectivity index (χ1) is 28.8. The number of para-hydroxylation sites is 3. The van der Waals surface area contributed by atoms with Gasteiger partial charge in [-0.2, -0.15) is 0 Å². The Hall–Kier alpha value is -7.68. The van der Waals surface area contributed by atoms with Crippen molar-refractivity contribution in [3.63, 3.8) is 0 Å². The van der Waals surface area contributed by atoms with E-state index in [0.717, 1.165) is 61.3 Å². The van der Waals surface area contributed by atoms with Gasteiger partial charge in [0.25, 0.3) is 0 Å². The van der Waals surface area contributed by atoms with Crippen LogP contribution in [0.1, 0.15) is 0 Å². The molecule has 10 aromatic carbocycles. The van der Waals surface area contributed by atoms with Gasteiger partial charge in [-0.25, -0.2) is 0 Å². The molecule has 0 spiro atoms. The van der Waals surface area contributed by atoms with E-state index in [1.165, 1.54) is 43.8 Å². The van der Waals surface area contributed by atoms with Crippen LogP contribution in [0.25, 0.3) is 88.0 Å². The smallest absolute Gasteiger partial charge is 0.143 e. The Morgan fingerprint density at radius 1 is 0.293 bits per heavy atom. The summed E-state index contributed by atoms with van der Waals surface area (Å²) in [5, 5.41) is 7.22. The highest BCUT2D eigenvalue weighted by atomic mass is 16.3. The van der Waals surface area contributed by atoms with Crippen molar-refractivity contribution in [3.05, 3.63) is 224 Å². The van der Waals surface area contributed by atoms with Crippen LogP contribution in [0.5, 0.6) is 0 Å². The molecule has 0 aliphatic rings. The molecule has 1 aromatic heterocycles. The lowest BCUT2D eigenvalue weighted by molar-refractivity contribution is 0.670. The molecule has 0 unspecified atom stereocenters. The number of nitrogens with zero attached hydrogens (tertiary/aromatic N) is 1. The van der Waals surface area contributed by atoms with Gasteiger partial charge in [-0.3, -0.25) is 0 Å². The highest BCUT2D eigenvalue weighted by Gasteiger charge is 2.20. The normalized spacial score (nSPS) is 11.4. The summed E-state index contributed by atoms with van der Waals surface area (Å²) in [5.41, 5.74) is 14.3. The second-order valence-corrected chi connectivity index (χ2v) is 14.9. The van der Waals surface area contributed by atoms with Crippen LogP contribution < -0.4 is 4.90 Å². The molecular formula is C56H37NO. The summed E-state index contributed by atoms with van der Waals surface area (Å²) in [6.45, 7) is 0. The summed E-state index contributed by atoms with van der Waals surface area (Å²) in [7, 11) is 0. The Bertz CT molecular complexity index is 3290. The fourth-order valence-corrected chi connectivity index (χ4v) is 8.73. The van der Waals surface area contributed by atoms with Crippen molar-refractivity contribution in [1.29, 1.82) is 0 Å². The van der Waals surface area contributed by atoms with E-state index in [0.29, 0.717) is 0 Å². The molecule has 272 valence electrons. The average Bonchev–Trinajstić information content (AvgIpc) is 3.68. The van der Waals surface area contributed by atoms with Gasteiger partial charge < -0.3 is 9.32 Å². The summed E-state index contributed by atoms with van der Waals surface area (Å²) >= 11 is 0. The van der Waals surface area contributed by atoms with E-state index in [4.69, 9.17) is 4.42 Å². The number of hydrogen-bond acceptors (Lipinski definition) is 2.